The van der Waals surface area contributed by atoms with Crippen LogP contribution in [0.1, 0.15) is 16.1 Å². The van der Waals surface area contributed by atoms with Crippen LogP contribution in [0.5, 0.6) is 0 Å². The van der Waals surface area contributed by atoms with E-state index in [9.17, 15) is 4.79 Å². The lowest BCUT2D eigenvalue weighted by atomic mass is 10.1. The predicted octanol–water partition coefficient (Wildman–Crippen LogP) is 3.48. The van der Waals surface area contributed by atoms with Crippen LogP contribution in [0.4, 0.5) is 0 Å². The molecule has 2 aromatic heterocycles. The quantitative estimate of drug-likeness (QED) is 0.556. The normalized spacial score (nSPS) is 10.6. The van der Waals surface area contributed by atoms with Gasteiger partial charge in [0.2, 0.25) is 12.3 Å². The van der Waals surface area contributed by atoms with Crippen LogP contribution in [0.25, 0.3) is 22.7 Å². The second kappa shape index (κ2) is 7.02. The minimum absolute atomic E-state index is 0.101. The van der Waals surface area contributed by atoms with Crippen molar-refractivity contribution in [1.29, 1.82) is 0 Å². The lowest BCUT2D eigenvalue weighted by molar-refractivity contribution is 0.0468. The number of esters is 1. The second-order valence-electron chi connectivity index (χ2n) is 5.55. The van der Waals surface area contributed by atoms with Gasteiger partial charge in [-0.05, 0) is 24.3 Å². The largest absolute Gasteiger partial charge is 0.456 e. The maximum Gasteiger partial charge on any atom is 0.338 e. The second-order valence-corrected chi connectivity index (χ2v) is 5.55. The summed E-state index contributed by atoms with van der Waals surface area (Å²) in [5.74, 6) is -0.0945. The number of carbonyl (C=O) groups excluding carboxylic acids is 1. The molecule has 0 aliphatic rings. The minimum atomic E-state index is -0.442. The van der Waals surface area contributed by atoms with Crippen molar-refractivity contribution in [3.05, 3.63) is 78.3 Å². The molecule has 4 rings (SSSR count). The number of hydrogen-bond acceptors (Lipinski definition) is 6. The summed E-state index contributed by atoms with van der Waals surface area (Å²) in [5, 5.41) is 14.6. The van der Waals surface area contributed by atoms with Crippen LogP contribution in [0.2, 0.25) is 0 Å². The lowest BCUT2D eigenvalue weighted by Gasteiger charge is -2.04. The number of ether oxygens (including phenoxy) is 1. The van der Waals surface area contributed by atoms with Gasteiger partial charge in [0.25, 0.3) is 0 Å². The number of nitrogens with one attached hydrogen (secondary N) is 1. The van der Waals surface area contributed by atoms with Gasteiger partial charge in [0, 0.05) is 11.1 Å². The first kappa shape index (κ1) is 15.8. The molecular weight excluding hydrogens is 332 g/mol. The molecular formula is C19H14N4O3. The summed E-state index contributed by atoms with van der Waals surface area (Å²) >= 11 is 0. The molecule has 0 saturated heterocycles. The molecule has 128 valence electrons. The van der Waals surface area contributed by atoms with Crippen molar-refractivity contribution in [2.24, 2.45) is 0 Å². The van der Waals surface area contributed by atoms with Crippen molar-refractivity contribution < 1.29 is 13.9 Å². The average Bonchev–Trinajstić information content (AvgIpc) is 3.39. The van der Waals surface area contributed by atoms with Gasteiger partial charge in [0.05, 0.1) is 17.0 Å². The van der Waals surface area contributed by atoms with Crippen molar-refractivity contribution in [3.63, 3.8) is 0 Å². The van der Waals surface area contributed by atoms with E-state index in [4.69, 9.17) is 9.15 Å². The number of aromatic nitrogens is 4. The van der Waals surface area contributed by atoms with Gasteiger partial charge in [-0.2, -0.15) is 5.10 Å². The van der Waals surface area contributed by atoms with Crippen LogP contribution < -0.4 is 0 Å². The summed E-state index contributed by atoms with van der Waals surface area (Å²) in [6.07, 6.45) is 1.24. The van der Waals surface area contributed by atoms with Gasteiger partial charge < -0.3 is 9.15 Å². The fourth-order valence-corrected chi connectivity index (χ4v) is 2.50. The molecule has 0 bridgehead atoms. The van der Waals surface area contributed by atoms with Crippen molar-refractivity contribution in [1.82, 2.24) is 20.4 Å². The molecule has 0 saturated carbocycles. The Kier molecular flexibility index (Phi) is 4.26. The maximum absolute atomic E-state index is 12.3. The number of aromatic amines is 1. The molecule has 0 radical (unpaired) electrons. The third-order valence-corrected chi connectivity index (χ3v) is 3.76. The molecule has 7 nitrogen and oxygen atoms in total. The van der Waals surface area contributed by atoms with E-state index in [0.29, 0.717) is 22.7 Å². The van der Waals surface area contributed by atoms with Crippen LogP contribution in [0.3, 0.4) is 0 Å². The highest BCUT2D eigenvalue weighted by Gasteiger charge is 2.12. The summed E-state index contributed by atoms with van der Waals surface area (Å²) in [6, 6.07) is 18.5. The lowest BCUT2D eigenvalue weighted by Crippen LogP contribution is -2.05. The number of carbonyl (C=O) groups is 1. The van der Waals surface area contributed by atoms with E-state index in [2.05, 4.69) is 20.4 Å². The molecule has 1 N–H and O–H groups in total. The Bertz CT molecular complexity index is 1010. The molecule has 0 fully saturated rings. The smallest absolute Gasteiger partial charge is 0.338 e. The fraction of sp³-hybridized carbons (Fsp3) is 0.0526. The van der Waals surface area contributed by atoms with E-state index in [1.165, 1.54) is 6.39 Å². The van der Waals surface area contributed by atoms with Crippen molar-refractivity contribution in [3.8, 4) is 22.7 Å². The fourth-order valence-electron chi connectivity index (χ4n) is 2.50. The molecule has 0 amide bonds. The zero-order chi connectivity index (χ0) is 17.8. The van der Waals surface area contributed by atoms with E-state index >= 15 is 0 Å². The van der Waals surface area contributed by atoms with Crippen molar-refractivity contribution in [2.75, 3.05) is 0 Å². The minimum Gasteiger partial charge on any atom is -0.456 e. The Morgan fingerprint density at radius 1 is 1.04 bits per heavy atom. The van der Waals surface area contributed by atoms with Gasteiger partial charge >= 0.3 is 5.97 Å². The van der Waals surface area contributed by atoms with E-state index in [0.717, 1.165) is 11.3 Å². The zero-order valence-corrected chi connectivity index (χ0v) is 13.6. The Hall–Kier alpha value is -3.74. The van der Waals surface area contributed by atoms with E-state index in [1.54, 1.807) is 24.3 Å². The molecule has 0 aliphatic heterocycles. The average molecular weight is 346 g/mol. The van der Waals surface area contributed by atoms with E-state index in [1.807, 2.05) is 36.4 Å². The summed E-state index contributed by atoms with van der Waals surface area (Å²) < 4.78 is 10.5. The molecule has 2 aromatic carbocycles. The molecule has 2 heterocycles. The molecule has 0 atom stereocenters. The molecule has 26 heavy (non-hydrogen) atoms. The summed E-state index contributed by atoms with van der Waals surface area (Å²) in [4.78, 5) is 12.3. The van der Waals surface area contributed by atoms with Crippen LogP contribution in [-0.2, 0) is 11.3 Å². The third kappa shape index (κ3) is 3.36. The summed E-state index contributed by atoms with van der Waals surface area (Å²) in [5.41, 5.74) is 3.57. The first-order chi connectivity index (χ1) is 12.8. The van der Waals surface area contributed by atoms with Crippen LogP contribution in [-0.4, -0.2) is 26.4 Å². The Labute approximate surface area is 148 Å². The number of H-pyrrole nitrogens is 1. The van der Waals surface area contributed by atoms with Gasteiger partial charge in [-0.1, -0.05) is 36.4 Å². The van der Waals surface area contributed by atoms with Gasteiger partial charge in [0.1, 0.15) is 6.61 Å². The zero-order valence-electron chi connectivity index (χ0n) is 13.6. The number of benzene rings is 2. The van der Waals surface area contributed by atoms with Gasteiger partial charge in [-0.15, -0.1) is 10.2 Å². The molecule has 4 aromatic rings. The first-order valence-corrected chi connectivity index (χ1v) is 7.93. The summed E-state index contributed by atoms with van der Waals surface area (Å²) in [6.45, 7) is 0.101. The summed E-state index contributed by atoms with van der Waals surface area (Å²) in [7, 11) is 0. The van der Waals surface area contributed by atoms with Gasteiger partial charge in [-0.25, -0.2) is 4.79 Å². The SMILES string of the molecule is O=C(OCc1cc(-c2ccccc2)n[nH]1)c1cccc(-c2nnco2)c1. The monoisotopic (exact) mass is 346 g/mol. The Morgan fingerprint density at radius 3 is 2.69 bits per heavy atom. The Balaban J connectivity index is 1.43. The van der Waals surface area contributed by atoms with Crippen LogP contribution in [0, 0.1) is 0 Å². The maximum atomic E-state index is 12.3. The van der Waals surface area contributed by atoms with Crippen molar-refractivity contribution in [2.45, 2.75) is 6.61 Å². The molecule has 7 heteroatoms. The highest BCUT2D eigenvalue weighted by Crippen LogP contribution is 2.19. The third-order valence-electron chi connectivity index (χ3n) is 3.76. The van der Waals surface area contributed by atoms with Crippen LogP contribution >= 0.6 is 0 Å². The first-order valence-electron chi connectivity index (χ1n) is 7.93. The number of rotatable bonds is 5. The van der Waals surface area contributed by atoms with Gasteiger partial charge in [0.15, 0.2) is 0 Å². The Morgan fingerprint density at radius 2 is 1.88 bits per heavy atom. The number of hydrogen-bond donors (Lipinski definition) is 1. The van der Waals surface area contributed by atoms with E-state index in [-0.39, 0.29) is 6.61 Å². The van der Waals surface area contributed by atoms with Crippen molar-refractivity contribution >= 4 is 5.97 Å². The standard InChI is InChI=1S/C19H14N4O3/c24-19(15-8-4-7-14(9-15)18-23-20-12-26-18)25-11-16-10-17(22-21-16)13-5-2-1-3-6-13/h1-10,12H,11H2,(H,21,22). The van der Waals surface area contributed by atoms with Gasteiger partial charge in [-0.3, -0.25) is 5.10 Å². The van der Waals surface area contributed by atoms with E-state index < -0.39 is 5.97 Å². The topological polar surface area (TPSA) is 93.9 Å². The predicted molar refractivity (Wildman–Crippen MR) is 92.9 cm³/mol. The molecule has 0 unspecified atom stereocenters. The number of nitrogens with zero attached hydrogens (tertiary/aromatic N) is 3. The highest BCUT2D eigenvalue weighted by atomic mass is 16.5. The molecule has 0 spiro atoms. The van der Waals surface area contributed by atoms with Crippen LogP contribution in [0.15, 0.2) is 71.5 Å². The molecule has 0 aliphatic carbocycles. The highest BCUT2D eigenvalue weighted by molar-refractivity contribution is 5.90.